The minimum atomic E-state index is -2.29. The van der Waals surface area contributed by atoms with Gasteiger partial charge in [0, 0.05) is 19.1 Å². The van der Waals surface area contributed by atoms with Crippen LogP contribution in [0.25, 0.3) is 0 Å². The van der Waals surface area contributed by atoms with E-state index >= 15 is 0 Å². The Kier molecular flexibility index (Phi) is 6.46. The highest BCUT2D eigenvalue weighted by Crippen LogP contribution is 2.23. The zero-order valence-electron chi connectivity index (χ0n) is 11.6. The molecule has 0 spiro atoms. The van der Waals surface area contributed by atoms with E-state index in [9.17, 15) is 13.9 Å². The van der Waals surface area contributed by atoms with Crippen LogP contribution in [0.5, 0.6) is 0 Å². The Hall–Kier alpha value is -0.260. The molecule has 3 atom stereocenters. The SMILES string of the molecule is CC(C)C(O)CC1CC(NCC(F)F)CN(C)C1. The van der Waals surface area contributed by atoms with Crippen LogP contribution < -0.4 is 5.32 Å². The average Bonchev–Trinajstić information content (AvgIpc) is 2.25. The van der Waals surface area contributed by atoms with Gasteiger partial charge >= 0.3 is 0 Å². The molecule has 1 heterocycles. The Morgan fingerprint density at radius 1 is 1.33 bits per heavy atom. The maximum Gasteiger partial charge on any atom is 0.250 e. The van der Waals surface area contributed by atoms with E-state index in [-0.39, 0.29) is 24.6 Å². The van der Waals surface area contributed by atoms with Crippen LogP contribution in [0, 0.1) is 11.8 Å². The van der Waals surface area contributed by atoms with E-state index in [0.29, 0.717) is 5.92 Å². The van der Waals surface area contributed by atoms with Gasteiger partial charge in [-0.3, -0.25) is 0 Å². The predicted molar refractivity (Wildman–Crippen MR) is 68.9 cm³/mol. The molecule has 3 unspecified atom stereocenters. The van der Waals surface area contributed by atoms with E-state index in [2.05, 4.69) is 10.2 Å². The molecule has 0 aromatic heterocycles. The minimum Gasteiger partial charge on any atom is -0.393 e. The second kappa shape index (κ2) is 7.36. The molecule has 0 saturated carbocycles. The van der Waals surface area contributed by atoms with Crippen molar-refractivity contribution in [1.82, 2.24) is 10.2 Å². The van der Waals surface area contributed by atoms with Gasteiger partial charge in [0.05, 0.1) is 12.6 Å². The largest absolute Gasteiger partial charge is 0.393 e. The molecule has 0 aromatic rings. The third-order valence-corrected chi connectivity index (χ3v) is 3.62. The highest BCUT2D eigenvalue weighted by Gasteiger charge is 2.27. The van der Waals surface area contributed by atoms with Gasteiger partial charge in [-0.2, -0.15) is 0 Å². The molecule has 3 nitrogen and oxygen atoms in total. The average molecular weight is 264 g/mol. The summed E-state index contributed by atoms with van der Waals surface area (Å²) in [5.41, 5.74) is 0. The number of aliphatic hydroxyl groups is 1. The van der Waals surface area contributed by atoms with E-state index in [1.807, 2.05) is 20.9 Å². The topological polar surface area (TPSA) is 35.5 Å². The van der Waals surface area contributed by atoms with Gasteiger partial charge in [0.2, 0.25) is 0 Å². The van der Waals surface area contributed by atoms with E-state index in [0.717, 1.165) is 25.9 Å². The maximum atomic E-state index is 12.2. The van der Waals surface area contributed by atoms with E-state index in [4.69, 9.17) is 0 Å². The lowest BCUT2D eigenvalue weighted by atomic mass is 9.87. The van der Waals surface area contributed by atoms with Crippen LogP contribution in [0.2, 0.25) is 0 Å². The van der Waals surface area contributed by atoms with Crippen molar-refractivity contribution in [2.24, 2.45) is 11.8 Å². The summed E-state index contributed by atoms with van der Waals surface area (Å²) in [5.74, 6) is 0.640. The first kappa shape index (κ1) is 15.8. The van der Waals surface area contributed by atoms with Gasteiger partial charge in [0.15, 0.2) is 0 Å². The van der Waals surface area contributed by atoms with Crippen LogP contribution >= 0.6 is 0 Å². The van der Waals surface area contributed by atoms with Gasteiger partial charge in [-0.25, -0.2) is 8.78 Å². The normalized spacial score (nSPS) is 28.0. The molecule has 0 radical (unpaired) electrons. The zero-order chi connectivity index (χ0) is 13.7. The molecule has 108 valence electrons. The molecular formula is C13H26F2N2O. The second-order valence-corrected chi connectivity index (χ2v) is 5.87. The van der Waals surface area contributed by atoms with E-state index in [1.54, 1.807) is 0 Å². The summed E-state index contributed by atoms with van der Waals surface area (Å²) < 4.78 is 24.4. The molecule has 0 amide bonds. The molecular weight excluding hydrogens is 238 g/mol. The predicted octanol–water partition coefficient (Wildman–Crippen LogP) is 1.57. The van der Waals surface area contributed by atoms with Crippen LogP contribution in [0.4, 0.5) is 8.78 Å². The number of hydrogen-bond donors (Lipinski definition) is 2. The molecule has 1 rings (SSSR count). The summed E-state index contributed by atoms with van der Waals surface area (Å²) in [6.45, 7) is 5.52. The van der Waals surface area contributed by atoms with Crippen molar-refractivity contribution in [2.75, 3.05) is 26.7 Å². The molecule has 1 aliphatic rings. The Bertz CT molecular complexity index is 239. The number of likely N-dealkylation sites (N-methyl/N-ethyl adjacent to an activating group) is 1. The molecule has 18 heavy (non-hydrogen) atoms. The monoisotopic (exact) mass is 264 g/mol. The van der Waals surface area contributed by atoms with Gasteiger partial charge in [-0.15, -0.1) is 0 Å². The molecule has 5 heteroatoms. The van der Waals surface area contributed by atoms with Crippen molar-refractivity contribution in [1.29, 1.82) is 0 Å². The molecule has 1 aliphatic heterocycles. The summed E-state index contributed by atoms with van der Waals surface area (Å²) >= 11 is 0. The smallest absolute Gasteiger partial charge is 0.250 e. The fraction of sp³-hybridized carbons (Fsp3) is 1.00. The molecule has 1 saturated heterocycles. The number of piperidine rings is 1. The number of nitrogens with one attached hydrogen (secondary N) is 1. The van der Waals surface area contributed by atoms with Gasteiger partial charge in [-0.05, 0) is 31.7 Å². The molecule has 2 N–H and O–H groups in total. The van der Waals surface area contributed by atoms with Crippen molar-refractivity contribution in [3.8, 4) is 0 Å². The zero-order valence-corrected chi connectivity index (χ0v) is 11.6. The second-order valence-electron chi connectivity index (χ2n) is 5.87. The van der Waals surface area contributed by atoms with Crippen molar-refractivity contribution in [2.45, 2.75) is 45.3 Å². The number of halogens is 2. The summed E-state index contributed by atoms with van der Waals surface area (Å²) in [6, 6.07) is 0.113. The molecule has 1 fully saturated rings. The lowest BCUT2D eigenvalue weighted by Gasteiger charge is -2.37. The fourth-order valence-electron chi connectivity index (χ4n) is 2.63. The number of hydrogen-bond acceptors (Lipinski definition) is 3. The number of alkyl halides is 2. The first-order valence-electron chi connectivity index (χ1n) is 6.76. The minimum absolute atomic E-state index is 0.113. The van der Waals surface area contributed by atoms with Crippen molar-refractivity contribution >= 4 is 0 Å². The quantitative estimate of drug-likeness (QED) is 0.764. The third-order valence-electron chi connectivity index (χ3n) is 3.62. The highest BCUT2D eigenvalue weighted by atomic mass is 19.3. The molecule has 0 bridgehead atoms. The Morgan fingerprint density at radius 3 is 2.56 bits per heavy atom. The van der Waals surface area contributed by atoms with Gasteiger partial charge in [-0.1, -0.05) is 13.8 Å². The highest BCUT2D eigenvalue weighted by molar-refractivity contribution is 4.83. The van der Waals surface area contributed by atoms with E-state index in [1.165, 1.54) is 0 Å². The van der Waals surface area contributed by atoms with Gasteiger partial charge in [0.25, 0.3) is 6.43 Å². The van der Waals surface area contributed by atoms with Crippen molar-refractivity contribution < 1.29 is 13.9 Å². The first-order chi connectivity index (χ1) is 8.38. The standard InChI is InChI=1S/C13H26F2N2O/c1-9(2)12(18)5-10-4-11(8-17(3)7-10)16-6-13(14)15/h9-13,16,18H,4-8H2,1-3H3. The molecule has 0 aliphatic carbocycles. The van der Waals surface area contributed by atoms with E-state index < -0.39 is 6.43 Å². The Labute approximate surface area is 109 Å². The van der Waals surface area contributed by atoms with Crippen LogP contribution in [0.3, 0.4) is 0 Å². The number of rotatable bonds is 6. The lowest BCUT2D eigenvalue weighted by Crippen LogP contribution is -2.49. The van der Waals surface area contributed by atoms with Crippen LogP contribution in [0.1, 0.15) is 26.7 Å². The third kappa shape index (κ3) is 5.59. The fourth-order valence-corrected chi connectivity index (χ4v) is 2.63. The van der Waals surface area contributed by atoms with Crippen LogP contribution in [-0.2, 0) is 0 Å². The summed E-state index contributed by atoms with van der Waals surface area (Å²) in [6.07, 6.45) is -0.954. The molecule has 0 aromatic carbocycles. The number of nitrogens with zero attached hydrogens (tertiary/aromatic N) is 1. The summed E-state index contributed by atoms with van der Waals surface area (Å²) in [7, 11) is 2.00. The summed E-state index contributed by atoms with van der Waals surface area (Å²) in [4.78, 5) is 2.16. The number of aliphatic hydroxyl groups excluding tert-OH is 1. The van der Waals surface area contributed by atoms with Gasteiger partial charge in [0.1, 0.15) is 0 Å². The maximum absolute atomic E-state index is 12.2. The lowest BCUT2D eigenvalue weighted by molar-refractivity contribution is 0.0644. The van der Waals surface area contributed by atoms with Crippen molar-refractivity contribution in [3.05, 3.63) is 0 Å². The van der Waals surface area contributed by atoms with Crippen LogP contribution in [-0.4, -0.2) is 55.3 Å². The summed E-state index contributed by atoms with van der Waals surface area (Å²) in [5, 5.41) is 12.8. The Morgan fingerprint density at radius 2 is 2.00 bits per heavy atom. The van der Waals surface area contributed by atoms with Gasteiger partial charge < -0.3 is 15.3 Å². The van der Waals surface area contributed by atoms with Crippen molar-refractivity contribution in [3.63, 3.8) is 0 Å². The number of likely N-dealkylation sites (tertiary alicyclic amines) is 1. The Balaban J connectivity index is 2.40. The van der Waals surface area contributed by atoms with Crippen LogP contribution in [0.15, 0.2) is 0 Å². The first-order valence-corrected chi connectivity index (χ1v) is 6.76.